The van der Waals surface area contributed by atoms with Crippen LogP contribution in [0, 0.1) is 0 Å². The molecule has 34 heavy (non-hydrogen) atoms. The highest BCUT2D eigenvalue weighted by atomic mass is 15.1. The first-order chi connectivity index (χ1) is 16.5. The van der Waals surface area contributed by atoms with E-state index in [0.717, 1.165) is 45.6 Å². The van der Waals surface area contributed by atoms with E-state index in [1.807, 2.05) is 0 Å². The summed E-state index contributed by atoms with van der Waals surface area (Å²) in [6, 6.07) is 22.3. The number of hydrogen-bond acceptors (Lipinski definition) is 4. The lowest BCUT2D eigenvalue weighted by Gasteiger charge is -2.24. The second kappa shape index (κ2) is 17.7. The zero-order chi connectivity index (χ0) is 24.4. The van der Waals surface area contributed by atoms with Gasteiger partial charge in [0.1, 0.15) is 0 Å². The lowest BCUT2D eigenvalue weighted by atomic mass is 10.1. The Morgan fingerprint density at radius 2 is 0.912 bits per heavy atom. The molecule has 2 atom stereocenters. The highest BCUT2D eigenvalue weighted by molar-refractivity contribution is 5.17. The first-order valence-corrected chi connectivity index (χ1v) is 13.6. The van der Waals surface area contributed by atoms with Crippen LogP contribution in [0.2, 0.25) is 0 Å². The number of nitrogens with two attached hydrogens (primary N) is 2. The fourth-order valence-corrected chi connectivity index (χ4v) is 4.38. The normalized spacial score (nSPS) is 13.5. The Labute approximate surface area is 209 Å². The minimum atomic E-state index is 0.279. The second-order valence-corrected chi connectivity index (χ2v) is 10.2. The monoisotopic (exact) mass is 466 g/mol. The average molecular weight is 467 g/mol. The molecule has 4 nitrogen and oxygen atoms in total. The average Bonchev–Trinajstić information content (AvgIpc) is 2.83. The van der Waals surface area contributed by atoms with Crippen LogP contribution < -0.4 is 11.5 Å². The van der Waals surface area contributed by atoms with Crippen LogP contribution in [0.1, 0.15) is 76.3 Å². The van der Waals surface area contributed by atoms with Gasteiger partial charge in [-0.1, -0.05) is 86.3 Å². The van der Waals surface area contributed by atoms with Crippen LogP contribution in [0.4, 0.5) is 0 Å². The number of rotatable bonds is 19. The first kappa shape index (κ1) is 28.5. The van der Waals surface area contributed by atoms with Crippen LogP contribution >= 0.6 is 0 Å². The van der Waals surface area contributed by atoms with Crippen molar-refractivity contribution in [2.24, 2.45) is 11.5 Å². The Kier molecular flexibility index (Phi) is 14.8. The van der Waals surface area contributed by atoms with Gasteiger partial charge < -0.3 is 16.4 Å². The Morgan fingerprint density at radius 3 is 1.32 bits per heavy atom. The van der Waals surface area contributed by atoms with E-state index >= 15 is 0 Å². The lowest BCUT2D eigenvalue weighted by Crippen LogP contribution is -2.33. The fourth-order valence-electron chi connectivity index (χ4n) is 4.38. The van der Waals surface area contributed by atoms with Gasteiger partial charge in [0, 0.05) is 25.2 Å². The summed E-state index contributed by atoms with van der Waals surface area (Å²) in [4.78, 5) is 5.16. The molecule has 190 valence electrons. The zero-order valence-corrected chi connectivity index (χ0v) is 21.9. The predicted molar refractivity (Wildman–Crippen MR) is 148 cm³/mol. The minimum Gasteiger partial charge on any atom is -0.328 e. The summed E-state index contributed by atoms with van der Waals surface area (Å²) < 4.78 is 0. The van der Waals surface area contributed by atoms with Gasteiger partial charge in [-0.3, -0.25) is 4.90 Å². The summed E-state index contributed by atoms with van der Waals surface area (Å²) in [5.74, 6) is 0. The third kappa shape index (κ3) is 13.9. The molecule has 0 aromatic heterocycles. The number of nitrogens with zero attached hydrogens (tertiary/aromatic N) is 2. The molecule has 2 unspecified atom stereocenters. The van der Waals surface area contributed by atoms with Crippen LogP contribution in [0.15, 0.2) is 60.7 Å². The van der Waals surface area contributed by atoms with Crippen molar-refractivity contribution in [2.45, 2.75) is 90.4 Å². The molecule has 0 aliphatic rings. The summed E-state index contributed by atoms with van der Waals surface area (Å²) in [5.41, 5.74) is 14.7. The molecule has 0 bridgehead atoms. The van der Waals surface area contributed by atoms with Crippen molar-refractivity contribution in [2.75, 3.05) is 26.2 Å². The third-order valence-corrected chi connectivity index (χ3v) is 6.50. The van der Waals surface area contributed by atoms with Crippen LogP contribution in [-0.4, -0.2) is 48.1 Å². The van der Waals surface area contributed by atoms with E-state index in [4.69, 9.17) is 11.5 Å². The van der Waals surface area contributed by atoms with Crippen molar-refractivity contribution in [3.05, 3.63) is 71.8 Å². The fraction of sp³-hybridized carbons (Fsp3) is 0.600. The maximum atomic E-state index is 5.97. The van der Waals surface area contributed by atoms with Crippen LogP contribution in [-0.2, 0) is 13.1 Å². The van der Waals surface area contributed by atoms with E-state index in [0.29, 0.717) is 0 Å². The van der Waals surface area contributed by atoms with Gasteiger partial charge in [-0.05, 0) is 76.8 Å². The van der Waals surface area contributed by atoms with E-state index in [2.05, 4.69) is 84.3 Å². The van der Waals surface area contributed by atoms with Gasteiger partial charge in [-0.15, -0.1) is 0 Å². The van der Waals surface area contributed by atoms with Gasteiger partial charge in [0.15, 0.2) is 0 Å². The van der Waals surface area contributed by atoms with Crippen LogP contribution in [0.3, 0.4) is 0 Å². The van der Waals surface area contributed by atoms with E-state index in [1.54, 1.807) is 0 Å². The predicted octanol–water partition coefficient (Wildman–Crippen LogP) is 5.81. The number of benzene rings is 2. The van der Waals surface area contributed by atoms with E-state index < -0.39 is 0 Å². The Balaban J connectivity index is 1.64. The van der Waals surface area contributed by atoms with Crippen molar-refractivity contribution >= 4 is 0 Å². The third-order valence-electron chi connectivity index (χ3n) is 6.50. The summed E-state index contributed by atoms with van der Waals surface area (Å²) in [6.07, 6.45) is 10.0. The summed E-state index contributed by atoms with van der Waals surface area (Å²) >= 11 is 0. The van der Waals surface area contributed by atoms with Crippen LogP contribution in [0.5, 0.6) is 0 Å². The maximum absolute atomic E-state index is 5.97. The summed E-state index contributed by atoms with van der Waals surface area (Å²) in [5, 5.41) is 0. The molecule has 2 rings (SSSR count). The molecule has 0 aliphatic carbocycles. The molecule has 2 aromatic carbocycles. The van der Waals surface area contributed by atoms with Gasteiger partial charge in [-0.25, -0.2) is 0 Å². The van der Waals surface area contributed by atoms with Crippen LogP contribution in [0.25, 0.3) is 0 Å². The van der Waals surface area contributed by atoms with Gasteiger partial charge >= 0.3 is 0 Å². The Bertz CT molecular complexity index is 664. The topological polar surface area (TPSA) is 58.5 Å². The molecule has 0 spiro atoms. The van der Waals surface area contributed by atoms with Gasteiger partial charge in [0.25, 0.3) is 0 Å². The maximum Gasteiger partial charge on any atom is 0.0237 e. The van der Waals surface area contributed by atoms with Crippen molar-refractivity contribution in [3.63, 3.8) is 0 Å². The molecular formula is C30H50N4. The standard InChI is InChI=1S/C30H50N4/c1-27(31)19-23-33(24-20-28(2)32)21-13-5-3-4-6-14-22-34(25-29-15-9-7-10-16-29)26-30-17-11-8-12-18-30/h7-12,15-18,27-28H,3-6,13-14,19-26,31-32H2,1-2H3. The zero-order valence-electron chi connectivity index (χ0n) is 21.9. The molecule has 0 saturated carbocycles. The van der Waals surface area contributed by atoms with E-state index in [9.17, 15) is 0 Å². The summed E-state index contributed by atoms with van der Waals surface area (Å²) in [7, 11) is 0. The second-order valence-electron chi connectivity index (χ2n) is 10.2. The Morgan fingerprint density at radius 1 is 0.529 bits per heavy atom. The molecule has 0 saturated heterocycles. The highest BCUT2D eigenvalue weighted by Crippen LogP contribution is 2.13. The molecule has 0 aliphatic heterocycles. The van der Waals surface area contributed by atoms with Crippen molar-refractivity contribution < 1.29 is 0 Å². The van der Waals surface area contributed by atoms with Crippen molar-refractivity contribution in [3.8, 4) is 0 Å². The molecule has 2 aromatic rings. The minimum absolute atomic E-state index is 0.279. The lowest BCUT2D eigenvalue weighted by molar-refractivity contribution is 0.246. The molecule has 0 fully saturated rings. The largest absolute Gasteiger partial charge is 0.328 e. The summed E-state index contributed by atoms with van der Waals surface area (Å²) in [6.45, 7) is 10.8. The SMILES string of the molecule is CC(N)CCN(CCCCCCCCN(Cc1ccccc1)Cc1ccccc1)CCC(C)N. The van der Waals surface area contributed by atoms with Crippen molar-refractivity contribution in [1.82, 2.24) is 9.80 Å². The van der Waals surface area contributed by atoms with Gasteiger partial charge in [-0.2, -0.15) is 0 Å². The highest BCUT2D eigenvalue weighted by Gasteiger charge is 2.09. The van der Waals surface area contributed by atoms with E-state index in [1.165, 1.54) is 56.2 Å². The Hall–Kier alpha value is -1.72. The van der Waals surface area contributed by atoms with Gasteiger partial charge in [0.2, 0.25) is 0 Å². The number of hydrogen-bond donors (Lipinski definition) is 2. The molecule has 0 heterocycles. The molecule has 0 radical (unpaired) electrons. The first-order valence-electron chi connectivity index (χ1n) is 13.6. The van der Waals surface area contributed by atoms with E-state index in [-0.39, 0.29) is 12.1 Å². The smallest absolute Gasteiger partial charge is 0.0237 e. The quantitative estimate of drug-likeness (QED) is 0.257. The van der Waals surface area contributed by atoms with Gasteiger partial charge in [0.05, 0.1) is 0 Å². The molecule has 0 amide bonds. The molecule has 4 heteroatoms. The number of unbranched alkanes of at least 4 members (excludes halogenated alkanes) is 5. The molecular weight excluding hydrogens is 416 g/mol. The molecule has 4 N–H and O–H groups in total. The van der Waals surface area contributed by atoms with Crippen molar-refractivity contribution in [1.29, 1.82) is 0 Å².